The van der Waals surface area contributed by atoms with Gasteiger partial charge in [-0.1, -0.05) is 42.5 Å². The monoisotopic (exact) mass is 492 g/mol. The van der Waals surface area contributed by atoms with Crippen LogP contribution in [0.5, 0.6) is 23.0 Å². The van der Waals surface area contributed by atoms with Gasteiger partial charge in [0.2, 0.25) is 6.23 Å². The molecular weight excluding hydrogens is 464 g/mol. The van der Waals surface area contributed by atoms with Crippen molar-refractivity contribution in [2.75, 3.05) is 14.2 Å². The van der Waals surface area contributed by atoms with Crippen LogP contribution in [0.3, 0.4) is 0 Å². The van der Waals surface area contributed by atoms with Crippen LogP contribution in [0.25, 0.3) is 0 Å². The molecule has 0 spiro atoms. The van der Waals surface area contributed by atoms with Crippen LogP contribution in [0, 0.1) is 0 Å². The van der Waals surface area contributed by atoms with Crippen LogP contribution in [0.15, 0.2) is 102 Å². The Balaban J connectivity index is 1.31. The highest BCUT2D eigenvalue weighted by atomic mass is 16.5. The highest BCUT2D eigenvalue weighted by molar-refractivity contribution is 6.02. The van der Waals surface area contributed by atoms with Gasteiger partial charge in [0.15, 0.2) is 11.5 Å². The first-order valence-electron chi connectivity index (χ1n) is 12.3. The van der Waals surface area contributed by atoms with Gasteiger partial charge in [-0.3, -0.25) is 0 Å². The highest BCUT2D eigenvalue weighted by Gasteiger charge is 2.42. The number of fused-ring (bicyclic) bond motifs is 3. The van der Waals surface area contributed by atoms with Crippen molar-refractivity contribution in [1.82, 2.24) is 5.01 Å². The van der Waals surface area contributed by atoms with Crippen LogP contribution in [-0.4, -0.2) is 24.9 Å². The molecule has 2 aliphatic heterocycles. The maximum absolute atomic E-state index is 6.58. The fraction of sp³-hybridized carbons (Fsp3) is 0.194. The van der Waals surface area contributed by atoms with Crippen LogP contribution in [0.1, 0.15) is 40.9 Å². The summed E-state index contributed by atoms with van der Waals surface area (Å²) in [6.07, 6.45) is 0.373. The highest BCUT2D eigenvalue weighted by Crippen LogP contribution is 2.50. The number of hydrogen-bond donors (Lipinski definition) is 0. The molecule has 2 aliphatic rings. The van der Waals surface area contributed by atoms with E-state index < -0.39 is 6.23 Å². The molecule has 2 atom stereocenters. The molecule has 0 saturated carbocycles. The maximum atomic E-state index is 6.58. The number of benzene rings is 4. The Morgan fingerprint density at radius 3 is 2.30 bits per heavy atom. The molecule has 0 saturated heterocycles. The second-order valence-corrected chi connectivity index (χ2v) is 9.07. The maximum Gasteiger partial charge on any atom is 0.214 e. The van der Waals surface area contributed by atoms with E-state index in [9.17, 15) is 0 Å². The fourth-order valence-corrected chi connectivity index (χ4v) is 4.89. The molecule has 6 nitrogen and oxygen atoms in total. The number of methoxy groups -OCH3 is 2. The van der Waals surface area contributed by atoms with Crippen LogP contribution >= 0.6 is 0 Å². The van der Waals surface area contributed by atoms with Gasteiger partial charge in [0.1, 0.15) is 18.1 Å². The van der Waals surface area contributed by atoms with E-state index >= 15 is 0 Å². The van der Waals surface area contributed by atoms with Gasteiger partial charge in [0.05, 0.1) is 26.0 Å². The summed E-state index contributed by atoms with van der Waals surface area (Å²) in [7, 11) is 3.35. The van der Waals surface area contributed by atoms with Crippen molar-refractivity contribution in [3.8, 4) is 23.0 Å². The van der Waals surface area contributed by atoms with Crippen LogP contribution < -0.4 is 18.9 Å². The van der Waals surface area contributed by atoms with Crippen molar-refractivity contribution in [3.63, 3.8) is 0 Å². The molecule has 6 rings (SSSR count). The van der Waals surface area contributed by atoms with Crippen molar-refractivity contribution in [2.24, 2.45) is 5.10 Å². The molecule has 4 aromatic carbocycles. The Morgan fingerprint density at radius 1 is 0.811 bits per heavy atom. The first-order valence-corrected chi connectivity index (χ1v) is 12.3. The van der Waals surface area contributed by atoms with E-state index in [2.05, 4.69) is 35.3 Å². The summed E-state index contributed by atoms with van der Waals surface area (Å²) in [5.41, 5.74) is 5.29. The first-order chi connectivity index (χ1) is 18.2. The van der Waals surface area contributed by atoms with Gasteiger partial charge >= 0.3 is 0 Å². The van der Waals surface area contributed by atoms with E-state index in [-0.39, 0.29) is 6.04 Å². The number of nitrogens with zero attached hydrogens (tertiary/aromatic N) is 2. The van der Waals surface area contributed by atoms with E-state index in [1.54, 1.807) is 14.2 Å². The third-order valence-corrected chi connectivity index (χ3v) is 6.84. The average Bonchev–Trinajstić information content (AvgIpc) is 3.42. The molecule has 186 valence electrons. The Morgan fingerprint density at radius 2 is 1.57 bits per heavy atom. The summed E-state index contributed by atoms with van der Waals surface area (Å²) < 4.78 is 23.6. The van der Waals surface area contributed by atoms with Gasteiger partial charge in [0.25, 0.3) is 0 Å². The number of para-hydroxylation sites is 1. The van der Waals surface area contributed by atoms with E-state index in [0.29, 0.717) is 6.61 Å². The quantitative estimate of drug-likeness (QED) is 0.294. The number of rotatable bonds is 7. The summed E-state index contributed by atoms with van der Waals surface area (Å²) >= 11 is 0. The van der Waals surface area contributed by atoms with Gasteiger partial charge in [0, 0.05) is 17.5 Å². The normalized spacial score (nSPS) is 17.8. The predicted octanol–water partition coefficient (Wildman–Crippen LogP) is 6.53. The summed E-state index contributed by atoms with van der Waals surface area (Å²) in [5, 5.41) is 7.13. The molecule has 2 heterocycles. The van der Waals surface area contributed by atoms with Gasteiger partial charge < -0.3 is 18.9 Å². The second-order valence-electron chi connectivity index (χ2n) is 9.07. The molecule has 0 aliphatic carbocycles. The molecule has 37 heavy (non-hydrogen) atoms. The van der Waals surface area contributed by atoms with Crippen molar-refractivity contribution in [1.29, 1.82) is 0 Å². The Labute approximate surface area is 216 Å². The summed E-state index contributed by atoms with van der Waals surface area (Å²) in [5.74, 6) is 3.13. The lowest BCUT2D eigenvalue weighted by atomic mass is 9.95. The minimum absolute atomic E-state index is 0.0370. The lowest BCUT2D eigenvalue weighted by molar-refractivity contribution is -0.0209. The van der Waals surface area contributed by atoms with Gasteiger partial charge in [-0.2, -0.15) is 5.10 Å². The van der Waals surface area contributed by atoms with E-state index in [4.69, 9.17) is 24.0 Å². The molecule has 0 unspecified atom stereocenters. The van der Waals surface area contributed by atoms with Crippen molar-refractivity contribution in [3.05, 3.63) is 119 Å². The molecule has 0 bridgehead atoms. The smallest absolute Gasteiger partial charge is 0.214 e. The van der Waals surface area contributed by atoms with Crippen molar-refractivity contribution >= 4 is 5.71 Å². The molecule has 0 aromatic heterocycles. The van der Waals surface area contributed by atoms with Crippen LogP contribution in [0.4, 0.5) is 0 Å². The Hall–Kier alpha value is -4.45. The summed E-state index contributed by atoms with van der Waals surface area (Å²) in [6, 6.07) is 32.3. The van der Waals surface area contributed by atoms with Gasteiger partial charge in [-0.15, -0.1) is 0 Å². The molecule has 0 radical (unpaired) electrons. The minimum Gasteiger partial charge on any atom is -0.497 e. The predicted molar refractivity (Wildman–Crippen MR) is 142 cm³/mol. The summed E-state index contributed by atoms with van der Waals surface area (Å²) in [4.78, 5) is 0. The van der Waals surface area contributed by atoms with Gasteiger partial charge in [-0.25, -0.2) is 5.01 Å². The average molecular weight is 493 g/mol. The SMILES string of the molecule is COc1ccc(C2=NN3[C@H](C2)c2cccc(OC)c2O[C@@H]3c2ccc(OCc3ccccc3)cc2)cc1. The van der Waals surface area contributed by atoms with Crippen LogP contribution in [-0.2, 0) is 6.61 Å². The van der Waals surface area contributed by atoms with E-state index in [1.807, 2.05) is 66.7 Å². The van der Waals surface area contributed by atoms with Crippen molar-refractivity contribution < 1.29 is 18.9 Å². The summed E-state index contributed by atoms with van der Waals surface area (Å²) in [6.45, 7) is 0.522. The third kappa shape index (κ3) is 4.47. The number of hydrogen-bond acceptors (Lipinski definition) is 6. The molecule has 0 fully saturated rings. The molecule has 0 N–H and O–H groups in total. The molecular formula is C31H28N2O4. The number of hydrazone groups is 1. The zero-order valence-corrected chi connectivity index (χ0v) is 20.8. The van der Waals surface area contributed by atoms with Crippen LogP contribution in [0.2, 0.25) is 0 Å². The molecule has 4 aromatic rings. The third-order valence-electron chi connectivity index (χ3n) is 6.84. The first kappa shape index (κ1) is 23.0. The largest absolute Gasteiger partial charge is 0.497 e. The zero-order valence-electron chi connectivity index (χ0n) is 20.8. The topological polar surface area (TPSA) is 52.5 Å². The number of ether oxygens (including phenoxy) is 4. The Bertz CT molecular complexity index is 1400. The fourth-order valence-electron chi connectivity index (χ4n) is 4.89. The van der Waals surface area contributed by atoms with Crippen molar-refractivity contribution in [2.45, 2.75) is 25.3 Å². The lowest BCUT2D eigenvalue weighted by Crippen LogP contribution is -2.33. The van der Waals surface area contributed by atoms with Gasteiger partial charge in [-0.05, 0) is 65.7 Å². The van der Waals surface area contributed by atoms with E-state index in [0.717, 1.165) is 57.4 Å². The molecule has 0 amide bonds. The Kier molecular flexibility index (Phi) is 6.15. The minimum atomic E-state index is -0.396. The van der Waals surface area contributed by atoms with E-state index in [1.165, 1.54) is 0 Å². The second kappa shape index (κ2) is 9.90. The standard InChI is InChI=1S/C31H28N2O4/c1-34-24-15-11-22(12-16-24)27-19-28-26-9-6-10-29(35-2)30(26)37-31(33(28)32-27)23-13-17-25(18-14-23)36-20-21-7-4-3-5-8-21/h3-18,28,31H,19-20H2,1-2H3/t28-,31-/m1/s1. The molecule has 6 heteroatoms. The zero-order chi connectivity index (χ0) is 25.2. The lowest BCUT2D eigenvalue weighted by Gasteiger charge is -2.38.